The van der Waals surface area contributed by atoms with Crippen molar-refractivity contribution in [2.45, 2.75) is 46.4 Å². The van der Waals surface area contributed by atoms with Crippen LogP contribution in [-0.2, 0) is 11.3 Å². The third kappa shape index (κ3) is 4.24. The lowest BCUT2D eigenvalue weighted by Crippen LogP contribution is -2.22. The van der Waals surface area contributed by atoms with Crippen LogP contribution in [0.15, 0.2) is 12.4 Å². The summed E-state index contributed by atoms with van der Waals surface area (Å²) < 4.78 is 5.43. The molecular formula is C12H21N3O. The summed E-state index contributed by atoms with van der Waals surface area (Å²) in [7, 11) is 0. The Morgan fingerprint density at radius 1 is 1.25 bits per heavy atom. The van der Waals surface area contributed by atoms with E-state index in [0.29, 0.717) is 12.6 Å². The first-order chi connectivity index (χ1) is 7.63. The minimum Gasteiger partial charge on any atom is -0.371 e. The SMILES string of the molecule is CCOC(C)c1ncc(CNC(C)C)cn1. The van der Waals surface area contributed by atoms with Crippen molar-refractivity contribution in [1.29, 1.82) is 0 Å². The predicted octanol–water partition coefficient (Wildman–Crippen LogP) is 2.07. The van der Waals surface area contributed by atoms with Crippen molar-refractivity contribution in [1.82, 2.24) is 15.3 Å². The molecule has 0 aliphatic heterocycles. The normalized spacial score (nSPS) is 13.1. The second-order valence-corrected chi connectivity index (χ2v) is 4.08. The number of rotatable bonds is 6. The van der Waals surface area contributed by atoms with Crippen LogP contribution in [0.25, 0.3) is 0 Å². The van der Waals surface area contributed by atoms with E-state index >= 15 is 0 Å². The Morgan fingerprint density at radius 3 is 2.38 bits per heavy atom. The first-order valence-electron chi connectivity index (χ1n) is 5.79. The molecule has 0 saturated carbocycles. The van der Waals surface area contributed by atoms with Gasteiger partial charge in [0.25, 0.3) is 0 Å². The number of nitrogens with one attached hydrogen (secondary N) is 1. The third-order valence-electron chi connectivity index (χ3n) is 2.22. The molecule has 1 atom stereocenters. The maximum absolute atomic E-state index is 5.43. The molecule has 0 radical (unpaired) electrons. The van der Waals surface area contributed by atoms with Crippen molar-refractivity contribution < 1.29 is 4.74 Å². The smallest absolute Gasteiger partial charge is 0.156 e. The Balaban J connectivity index is 2.53. The van der Waals surface area contributed by atoms with Crippen molar-refractivity contribution in [3.63, 3.8) is 0 Å². The van der Waals surface area contributed by atoms with Crippen LogP contribution in [0, 0.1) is 0 Å². The Hall–Kier alpha value is -1.00. The first kappa shape index (κ1) is 13.1. The van der Waals surface area contributed by atoms with Crippen LogP contribution in [-0.4, -0.2) is 22.6 Å². The van der Waals surface area contributed by atoms with Crippen LogP contribution in [0.5, 0.6) is 0 Å². The van der Waals surface area contributed by atoms with E-state index in [2.05, 4.69) is 29.1 Å². The lowest BCUT2D eigenvalue weighted by atomic mass is 10.3. The number of hydrogen-bond acceptors (Lipinski definition) is 4. The van der Waals surface area contributed by atoms with Gasteiger partial charge in [-0.2, -0.15) is 0 Å². The summed E-state index contributed by atoms with van der Waals surface area (Å²) in [5.74, 6) is 0.746. The molecule has 0 aliphatic carbocycles. The second kappa shape index (κ2) is 6.55. The van der Waals surface area contributed by atoms with Crippen LogP contribution in [0.1, 0.15) is 45.2 Å². The Bertz CT molecular complexity index is 298. The number of hydrogen-bond donors (Lipinski definition) is 1. The summed E-state index contributed by atoms with van der Waals surface area (Å²) in [4.78, 5) is 8.60. The van der Waals surface area contributed by atoms with Gasteiger partial charge in [-0.25, -0.2) is 9.97 Å². The summed E-state index contributed by atoms with van der Waals surface area (Å²) in [5.41, 5.74) is 1.10. The highest BCUT2D eigenvalue weighted by atomic mass is 16.5. The molecule has 0 spiro atoms. The highest BCUT2D eigenvalue weighted by molar-refractivity contribution is 5.06. The fourth-order valence-electron chi connectivity index (χ4n) is 1.31. The van der Waals surface area contributed by atoms with Crippen molar-refractivity contribution >= 4 is 0 Å². The van der Waals surface area contributed by atoms with Gasteiger partial charge in [-0.3, -0.25) is 0 Å². The molecule has 1 N–H and O–H groups in total. The molecule has 0 bridgehead atoms. The minimum absolute atomic E-state index is 0.0305. The molecular weight excluding hydrogens is 202 g/mol. The molecule has 0 saturated heterocycles. The molecule has 0 amide bonds. The van der Waals surface area contributed by atoms with Crippen LogP contribution in [0.3, 0.4) is 0 Å². The van der Waals surface area contributed by atoms with Gasteiger partial charge in [0.05, 0.1) is 0 Å². The van der Waals surface area contributed by atoms with E-state index in [-0.39, 0.29) is 6.10 Å². The second-order valence-electron chi connectivity index (χ2n) is 4.08. The fraction of sp³-hybridized carbons (Fsp3) is 0.667. The van der Waals surface area contributed by atoms with Crippen molar-refractivity contribution in [3.8, 4) is 0 Å². The number of nitrogens with zero attached hydrogens (tertiary/aromatic N) is 2. The first-order valence-corrected chi connectivity index (χ1v) is 5.79. The fourth-order valence-corrected chi connectivity index (χ4v) is 1.31. The van der Waals surface area contributed by atoms with Gasteiger partial charge in [0, 0.05) is 37.2 Å². The maximum Gasteiger partial charge on any atom is 0.156 e. The summed E-state index contributed by atoms with van der Waals surface area (Å²) in [6, 6.07) is 0.474. The zero-order valence-corrected chi connectivity index (χ0v) is 10.5. The van der Waals surface area contributed by atoms with Gasteiger partial charge in [0.2, 0.25) is 0 Å². The van der Waals surface area contributed by atoms with Crippen molar-refractivity contribution in [2.24, 2.45) is 0 Å². The molecule has 1 aromatic heterocycles. The molecule has 0 aromatic carbocycles. The summed E-state index contributed by atoms with van der Waals surface area (Å²) in [5, 5.41) is 3.32. The zero-order chi connectivity index (χ0) is 12.0. The molecule has 1 unspecified atom stereocenters. The molecule has 0 fully saturated rings. The highest BCUT2D eigenvalue weighted by Crippen LogP contribution is 2.10. The molecule has 4 nitrogen and oxygen atoms in total. The van der Waals surface area contributed by atoms with Gasteiger partial charge in [-0.05, 0) is 13.8 Å². The Labute approximate surface area is 97.5 Å². The Kier molecular flexibility index (Phi) is 5.35. The van der Waals surface area contributed by atoms with Gasteiger partial charge in [0.1, 0.15) is 6.10 Å². The van der Waals surface area contributed by atoms with Crippen molar-refractivity contribution in [2.75, 3.05) is 6.61 Å². The minimum atomic E-state index is -0.0305. The third-order valence-corrected chi connectivity index (χ3v) is 2.22. The van der Waals surface area contributed by atoms with E-state index in [1.54, 1.807) is 0 Å². The topological polar surface area (TPSA) is 47.0 Å². The average Bonchev–Trinajstić information content (AvgIpc) is 2.27. The van der Waals surface area contributed by atoms with E-state index in [4.69, 9.17) is 4.74 Å². The summed E-state index contributed by atoms with van der Waals surface area (Å²) in [6.45, 7) is 9.66. The van der Waals surface area contributed by atoms with Crippen LogP contribution in [0.4, 0.5) is 0 Å². The van der Waals surface area contributed by atoms with E-state index < -0.39 is 0 Å². The van der Waals surface area contributed by atoms with Gasteiger partial charge in [-0.1, -0.05) is 13.8 Å². The van der Waals surface area contributed by atoms with Crippen LogP contribution < -0.4 is 5.32 Å². The molecule has 1 aromatic rings. The largest absolute Gasteiger partial charge is 0.371 e. The van der Waals surface area contributed by atoms with Gasteiger partial charge >= 0.3 is 0 Å². The number of ether oxygens (including phenoxy) is 1. The Morgan fingerprint density at radius 2 is 1.88 bits per heavy atom. The zero-order valence-electron chi connectivity index (χ0n) is 10.5. The standard InChI is InChI=1S/C12H21N3O/c1-5-16-10(4)12-14-7-11(8-15-12)6-13-9(2)3/h7-10,13H,5-6H2,1-4H3. The molecule has 0 aliphatic rings. The molecule has 1 rings (SSSR count). The maximum atomic E-state index is 5.43. The van der Waals surface area contributed by atoms with E-state index in [1.807, 2.05) is 26.2 Å². The molecule has 4 heteroatoms. The van der Waals surface area contributed by atoms with E-state index in [1.165, 1.54) is 0 Å². The van der Waals surface area contributed by atoms with E-state index in [0.717, 1.165) is 17.9 Å². The summed E-state index contributed by atoms with van der Waals surface area (Å²) in [6.07, 6.45) is 3.68. The summed E-state index contributed by atoms with van der Waals surface area (Å²) >= 11 is 0. The van der Waals surface area contributed by atoms with Gasteiger partial charge < -0.3 is 10.1 Å². The lowest BCUT2D eigenvalue weighted by molar-refractivity contribution is 0.0700. The van der Waals surface area contributed by atoms with Gasteiger partial charge in [-0.15, -0.1) is 0 Å². The highest BCUT2D eigenvalue weighted by Gasteiger charge is 2.07. The quantitative estimate of drug-likeness (QED) is 0.802. The number of aromatic nitrogens is 2. The predicted molar refractivity (Wildman–Crippen MR) is 64.0 cm³/mol. The van der Waals surface area contributed by atoms with Gasteiger partial charge in [0.15, 0.2) is 5.82 Å². The molecule has 90 valence electrons. The van der Waals surface area contributed by atoms with E-state index in [9.17, 15) is 0 Å². The van der Waals surface area contributed by atoms with Crippen LogP contribution >= 0.6 is 0 Å². The van der Waals surface area contributed by atoms with Crippen molar-refractivity contribution in [3.05, 3.63) is 23.8 Å². The molecule has 16 heavy (non-hydrogen) atoms. The van der Waals surface area contributed by atoms with Crippen LogP contribution in [0.2, 0.25) is 0 Å². The monoisotopic (exact) mass is 223 g/mol. The molecule has 1 heterocycles. The average molecular weight is 223 g/mol. The lowest BCUT2D eigenvalue weighted by Gasteiger charge is -2.11.